The van der Waals surface area contributed by atoms with Gasteiger partial charge in [-0.15, -0.1) is 0 Å². The highest BCUT2D eigenvalue weighted by molar-refractivity contribution is 6.30. The Kier molecular flexibility index (Phi) is 6.23. The first kappa shape index (κ1) is 18.3. The smallest absolute Gasteiger partial charge is 0.337 e. The van der Waals surface area contributed by atoms with Gasteiger partial charge in [0.05, 0.1) is 18.2 Å². The second-order valence-electron chi connectivity index (χ2n) is 5.73. The van der Waals surface area contributed by atoms with Crippen molar-refractivity contribution in [2.45, 2.75) is 26.4 Å². The van der Waals surface area contributed by atoms with Gasteiger partial charge in [-0.25, -0.2) is 9.59 Å². The lowest BCUT2D eigenvalue weighted by Gasteiger charge is -2.29. The predicted octanol–water partition coefficient (Wildman–Crippen LogP) is 2.29. The summed E-state index contributed by atoms with van der Waals surface area (Å²) in [4.78, 5) is 26.0. The molecule has 0 radical (unpaired) electrons. The molecule has 1 aliphatic rings. The monoisotopic (exact) mass is 351 g/mol. The van der Waals surface area contributed by atoms with Crippen LogP contribution in [-0.2, 0) is 16.1 Å². The minimum absolute atomic E-state index is 0.289. The topological polar surface area (TPSA) is 70.7 Å². The molecule has 6 nitrogen and oxygen atoms in total. The van der Waals surface area contributed by atoms with Crippen LogP contribution in [0.15, 0.2) is 35.5 Å². The highest BCUT2D eigenvalue weighted by Crippen LogP contribution is 2.16. The number of hydrogen-bond acceptors (Lipinski definition) is 4. The molecule has 2 amide bonds. The third-order valence-electron chi connectivity index (χ3n) is 3.66. The minimum Gasteiger partial charge on any atom is -0.463 e. The fourth-order valence-electron chi connectivity index (χ4n) is 2.63. The SMILES string of the molecule is CCOC(=O)C1=C(CN(C)Cc2ccc(Cl)cc2)NC(=O)N[C@H]1C. The molecule has 7 heteroatoms. The zero-order chi connectivity index (χ0) is 17.7. The van der Waals surface area contributed by atoms with E-state index in [4.69, 9.17) is 16.3 Å². The fraction of sp³-hybridized carbons (Fsp3) is 0.412. The van der Waals surface area contributed by atoms with Gasteiger partial charge in [-0.2, -0.15) is 0 Å². The molecule has 0 spiro atoms. The van der Waals surface area contributed by atoms with Crippen molar-refractivity contribution in [1.29, 1.82) is 0 Å². The van der Waals surface area contributed by atoms with Gasteiger partial charge < -0.3 is 15.4 Å². The van der Waals surface area contributed by atoms with E-state index in [1.165, 1.54) is 0 Å². The minimum atomic E-state index is -0.410. The Balaban J connectivity index is 2.15. The molecular formula is C17H22ClN3O3. The number of nitrogens with one attached hydrogen (secondary N) is 2. The van der Waals surface area contributed by atoms with Crippen LogP contribution < -0.4 is 10.6 Å². The van der Waals surface area contributed by atoms with Gasteiger partial charge in [0.25, 0.3) is 0 Å². The summed E-state index contributed by atoms with van der Waals surface area (Å²) in [6, 6.07) is 6.86. The zero-order valence-corrected chi connectivity index (χ0v) is 14.8. The summed E-state index contributed by atoms with van der Waals surface area (Å²) in [5.74, 6) is -0.410. The molecule has 1 atom stereocenters. The van der Waals surface area contributed by atoms with E-state index in [1.807, 2.05) is 36.2 Å². The first-order valence-corrected chi connectivity index (χ1v) is 8.19. The maximum atomic E-state index is 12.2. The van der Waals surface area contributed by atoms with Gasteiger partial charge in [-0.3, -0.25) is 4.90 Å². The van der Waals surface area contributed by atoms with Gasteiger partial charge in [0.2, 0.25) is 0 Å². The lowest BCUT2D eigenvalue weighted by molar-refractivity contribution is -0.139. The number of benzene rings is 1. The van der Waals surface area contributed by atoms with Crippen LogP contribution in [0.4, 0.5) is 4.79 Å². The normalized spacial score (nSPS) is 17.5. The first-order chi connectivity index (χ1) is 11.4. The van der Waals surface area contributed by atoms with Gasteiger partial charge in [-0.05, 0) is 38.6 Å². The number of hydrogen-bond donors (Lipinski definition) is 2. The molecule has 0 unspecified atom stereocenters. The van der Waals surface area contributed by atoms with Crippen LogP contribution in [0.1, 0.15) is 19.4 Å². The van der Waals surface area contributed by atoms with E-state index in [0.717, 1.165) is 5.56 Å². The second kappa shape index (κ2) is 8.17. The van der Waals surface area contributed by atoms with Gasteiger partial charge in [0.15, 0.2) is 0 Å². The molecular weight excluding hydrogens is 330 g/mol. The van der Waals surface area contributed by atoms with Crippen LogP contribution in [0.2, 0.25) is 5.02 Å². The van der Waals surface area contributed by atoms with Crippen molar-refractivity contribution in [3.63, 3.8) is 0 Å². The number of carbonyl (C=O) groups excluding carboxylic acids is 2. The summed E-state index contributed by atoms with van der Waals surface area (Å²) in [6.07, 6.45) is 0. The molecule has 1 aromatic rings. The Morgan fingerprint density at radius 1 is 1.29 bits per heavy atom. The number of ether oxygens (including phenoxy) is 1. The number of amides is 2. The molecule has 0 saturated heterocycles. The molecule has 1 heterocycles. The number of nitrogens with zero attached hydrogens (tertiary/aromatic N) is 1. The zero-order valence-electron chi connectivity index (χ0n) is 14.1. The van der Waals surface area contributed by atoms with Crippen LogP contribution in [0.3, 0.4) is 0 Å². The van der Waals surface area contributed by atoms with Crippen LogP contribution in [0, 0.1) is 0 Å². The maximum absolute atomic E-state index is 12.2. The average molecular weight is 352 g/mol. The summed E-state index contributed by atoms with van der Waals surface area (Å²) in [7, 11) is 1.92. The van der Waals surface area contributed by atoms with Gasteiger partial charge in [0.1, 0.15) is 0 Å². The molecule has 0 fully saturated rings. The second-order valence-corrected chi connectivity index (χ2v) is 6.17. The van der Waals surface area contributed by atoms with E-state index in [2.05, 4.69) is 10.6 Å². The third kappa shape index (κ3) is 4.72. The lowest BCUT2D eigenvalue weighted by Crippen LogP contribution is -2.51. The molecule has 0 saturated carbocycles. The summed E-state index contributed by atoms with van der Waals surface area (Å²) in [6.45, 7) is 4.90. The summed E-state index contributed by atoms with van der Waals surface area (Å²) < 4.78 is 5.11. The predicted molar refractivity (Wildman–Crippen MR) is 92.6 cm³/mol. The Morgan fingerprint density at radius 3 is 2.58 bits per heavy atom. The number of halogens is 1. The summed E-state index contributed by atoms with van der Waals surface area (Å²) >= 11 is 5.89. The van der Waals surface area contributed by atoms with E-state index in [-0.39, 0.29) is 12.6 Å². The standard InChI is InChI=1S/C17H22ClN3O3/c1-4-24-16(22)15-11(2)19-17(23)20-14(15)10-21(3)9-12-5-7-13(18)8-6-12/h5-8,11H,4,9-10H2,1-3H3,(H2,19,20,23)/t11-/m0/s1. The van der Waals surface area contributed by atoms with Crippen molar-refractivity contribution in [3.8, 4) is 0 Å². The molecule has 1 aliphatic heterocycles. The van der Waals surface area contributed by atoms with Crippen molar-refractivity contribution in [3.05, 3.63) is 46.1 Å². The van der Waals surface area contributed by atoms with E-state index in [0.29, 0.717) is 29.4 Å². The van der Waals surface area contributed by atoms with Gasteiger partial charge >= 0.3 is 12.0 Å². The molecule has 2 N–H and O–H groups in total. The Bertz CT molecular complexity index is 643. The van der Waals surface area contributed by atoms with Crippen molar-refractivity contribution in [1.82, 2.24) is 15.5 Å². The molecule has 24 heavy (non-hydrogen) atoms. The largest absolute Gasteiger partial charge is 0.463 e. The molecule has 0 bridgehead atoms. The molecule has 130 valence electrons. The number of esters is 1. The maximum Gasteiger partial charge on any atom is 0.337 e. The summed E-state index contributed by atoms with van der Waals surface area (Å²) in [5.41, 5.74) is 2.12. The number of carbonyl (C=O) groups is 2. The number of likely N-dealkylation sites (N-methyl/N-ethyl adjacent to an activating group) is 1. The third-order valence-corrected chi connectivity index (χ3v) is 3.91. The van der Waals surface area contributed by atoms with Crippen LogP contribution in [-0.4, -0.2) is 43.1 Å². The van der Waals surface area contributed by atoms with E-state index in [1.54, 1.807) is 13.8 Å². The molecule has 1 aromatic carbocycles. The Morgan fingerprint density at radius 2 is 1.96 bits per heavy atom. The van der Waals surface area contributed by atoms with Crippen molar-refractivity contribution < 1.29 is 14.3 Å². The Hall–Kier alpha value is -2.05. The number of urea groups is 1. The van der Waals surface area contributed by atoms with Crippen LogP contribution in [0.25, 0.3) is 0 Å². The highest BCUT2D eigenvalue weighted by Gasteiger charge is 2.30. The van der Waals surface area contributed by atoms with Gasteiger partial charge in [-0.1, -0.05) is 23.7 Å². The fourth-order valence-corrected chi connectivity index (χ4v) is 2.76. The summed E-state index contributed by atoms with van der Waals surface area (Å²) in [5, 5.41) is 6.10. The lowest BCUT2D eigenvalue weighted by atomic mass is 10.0. The molecule has 2 rings (SSSR count). The number of rotatable bonds is 6. The molecule has 0 aromatic heterocycles. The van der Waals surface area contributed by atoms with Gasteiger partial charge in [0, 0.05) is 23.8 Å². The quantitative estimate of drug-likeness (QED) is 0.771. The average Bonchev–Trinajstić information content (AvgIpc) is 2.49. The van der Waals surface area contributed by atoms with Crippen molar-refractivity contribution in [2.75, 3.05) is 20.2 Å². The van der Waals surface area contributed by atoms with Crippen molar-refractivity contribution >= 4 is 23.6 Å². The molecule has 0 aliphatic carbocycles. The van der Waals surface area contributed by atoms with Crippen LogP contribution >= 0.6 is 11.6 Å². The first-order valence-electron chi connectivity index (χ1n) is 7.81. The van der Waals surface area contributed by atoms with E-state index < -0.39 is 12.0 Å². The highest BCUT2D eigenvalue weighted by atomic mass is 35.5. The van der Waals surface area contributed by atoms with E-state index in [9.17, 15) is 9.59 Å². The van der Waals surface area contributed by atoms with E-state index >= 15 is 0 Å². The van der Waals surface area contributed by atoms with Crippen molar-refractivity contribution in [2.24, 2.45) is 0 Å². The Labute approximate surface area is 146 Å². The van der Waals surface area contributed by atoms with Crippen LogP contribution in [0.5, 0.6) is 0 Å².